The van der Waals surface area contributed by atoms with Gasteiger partial charge in [0.25, 0.3) is 0 Å². The van der Waals surface area contributed by atoms with Crippen LogP contribution in [0.5, 0.6) is 0 Å². The quantitative estimate of drug-likeness (QED) is 0.458. The summed E-state index contributed by atoms with van der Waals surface area (Å²) in [6.07, 6.45) is 3.44. The summed E-state index contributed by atoms with van der Waals surface area (Å²) in [5, 5.41) is 1.99. The van der Waals surface area contributed by atoms with Crippen LogP contribution in [0.2, 0.25) is 0 Å². The molecule has 0 atom stereocenters. The highest BCUT2D eigenvalue weighted by Gasteiger charge is 1.90. The van der Waals surface area contributed by atoms with E-state index in [0.717, 1.165) is 0 Å². The summed E-state index contributed by atoms with van der Waals surface area (Å²) in [6, 6.07) is 0. The Bertz CT molecular complexity index is 150. The van der Waals surface area contributed by atoms with Crippen molar-refractivity contribution >= 4 is 12.3 Å². The monoisotopic (exact) mass is 141 g/mol. The molecule has 0 fully saturated rings. The number of amides is 2. The molecule has 0 aromatic carbocycles. The molecule has 0 rings (SSSR count). The molecule has 0 aliphatic carbocycles. The van der Waals surface area contributed by atoms with E-state index in [0.29, 0.717) is 12.3 Å². The van der Waals surface area contributed by atoms with Gasteiger partial charge in [-0.2, -0.15) is 0 Å². The number of hydrogen-bond donors (Lipinski definition) is 1. The van der Waals surface area contributed by atoms with Gasteiger partial charge in [0.1, 0.15) is 0 Å². The molecule has 0 aliphatic heterocycles. The lowest BCUT2D eigenvalue weighted by atomic mass is 10.2. The van der Waals surface area contributed by atoms with Crippen LogP contribution >= 0.6 is 0 Å². The van der Waals surface area contributed by atoms with Gasteiger partial charge in [-0.1, -0.05) is 19.9 Å². The van der Waals surface area contributed by atoms with E-state index >= 15 is 0 Å². The van der Waals surface area contributed by atoms with Gasteiger partial charge in [-0.3, -0.25) is 14.9 Å². The molecular weight excluding hydrogens is 130 g/mol. The van der Waals surface area contributed by atoms with Crippen molar-refractivity contribution in [2.75, 3.05) is 0 Å². The van der Waals surface area contributed by atoms with Crippen molar-refractivity contribution in [1.29, 1.82) is 0 Å². The van der Waals surface area contributed by atoms with Crippen molar-refractivity contribution in [2.45, 2.75) is 13.8 Å². The summed E-state index contributed by atoms with van der Waals surface area (Å²) in [5.74, 6) is -0.0406. The maximum atomic E-state index is 10.5. The molecule has 0 saturated carbocycles. The molecule has 0 unspecified atom stereocenters. The molecule has 0 saturated heterocycles. The molecule has 3 nitrogen and oxygen atoms in total. The predicted molar refractivity (Wildman–Crippen MR) is 38.2 cm³/mol. The Morgan fingerprint density at radius 3 is 2.50 bits per heavy atom. The second-order valence-electron chi connectivity index (χ2n) is 2.23. The minimum Gasteiger partial charge on any atom is -0.295 e. The fourth-order valence-corrected chi connectivity index (χ4v) is 0.386. The number of allylic oxidation sites excluding steroid dienone is 1. The zero-order valence-corrected chi connectivity index (χ0v) is 6.13. The fourth-order valence-electron chi connectivity index (χ4n) is 0.386. The first-order valence-electron chi connectivity index (χ1n) is 3.09. The number of hydrogen-bond acceptors (Lipinski definition) is 2. The third-order valence-electron chi connectivity index (χ3n) is 0.834. The van der Waals surface area contributed by atoms with E-state index in [1.165, 1.54) is 6.08 Å². The van der Waals surface area contributed by atoms with Gasteiger partial charge in [-0.05, 0) is 12.0 Å². The Labute approximate surface area is 60.1 Å². The first kappa shape index (κ1) is 8.88. The third-order valence-corrected chi connectivity index (χ3v) is 0.834. The number of imide groups is 1. The molecule has 0 spiro atoms. The summed E-state index contributed by atoms with van der Waals surface area (Å²) in [7, 11) is 0. The Morgan fingerprint density at radius 2 is 2.10 bits per heavy atom. The van der Waals surface area contributed by atoms with Gasteiger partial charge in [0.15, 0.2) is 0 Å². The fraction of sp³-hybridized carbons (Fsp3) is 0.429. The SMILES string of the molecule is CC(C)C=CC(=O)NC=O. The highest BCUT2D eigenvalue weighted by Crippen LogP contribution is 1.91. The lowest BCUT2D eigenvalue weighted by Crippen LogP contribution is -2.18. The number of nitrogens with one attached hydrogen (secondary N) is 1. The van der Waals surface area contributed by atoms with Crippen LogP contribution in [-0.4, -0.2) is 12.3 Å². The Hall–Kier alpha value is -1.12. The minimum atomic E-state index is -0.372. The summed E-state index contributed by atoms with van der Waals surface area (Å²) < 4.78 is 0. The maximum absolute atomic E-state index is 10.5. The molecule has 0 bridgehead atoms. The Kier molecular flexibility index (Phi) is 4.20. The van der Waals surface area contributed by atoms with Crippen molar-refractivity contribution in [2.24, 2.45) is 5.92 Å². The molecule has 0 heterocycles. The van der Waals surface area contributed by atoms with Crippen LogP contribution in [0.3, 0.4) is 0 Å². The summed E-state index contributed by atoms with van der Waals surface area (Å²) in [5.41, 5.74) is 0. The van der Waals surface area contributed by atoms with Crippen molar-refractivity contribution in [1.82, 2.24) is 5.32 Å². The van der Waals surface area contributed by atoms with Gasteiger partial charge < -0.3 is 0 Å². The van der Waals surface area contributed by atoms with E-state index in [1.54, 1.807) is 6.08 Å². The van der Waals surface area contributed by atoms with Crippen LogP contribution in [-0.2, 0) is 9.59 Å². The number of rotatable bonds is 3. The second-order valence-corrected chi connectivity index (χ2v) is 2.23. The molecule has 3 heteroatoms. The van der Waals surface area contributed by atoms with Crippen molar-refractivity contribution in [3.8, 4) is 0 Å². The van der Waals surface area contributed by atoms with E-state index in [4.69, 9.17) is 0 Å². The van der Waals surface area contributed by atoms with E-state index < -0.39 is 0 Å². The van der Waals surface area contributed by atoms with Crippen molar-refractivity contribution < 1.29 is 9.59 Å². The van der Waals surface area contributed by atoms with Crippen LogP contribution < -0.4 is 5.32 Å². The van der Waals surface area contributed by atoms with Crippen LogP contribution in [0.25, 0.3) is 0 Å². The maximum Gasteiger partial charge on any atom is 0.250 e. The lowest BCUT2D eigenvalue weighted by molar-refractivity contribution is -0.121. The average molecular weight is 141 g/mol. The van der Waals surface area contributed by atoms with E-state index in [1.807, 2.05) is 19.2 Å². The van der Waals surface area contributed by atoms with Gasteiger partial charge >= 0.3 is 0 Å². The molecule has 0 aliphatic rings. The Balaban J connectivity index is 3.66. The zero-order valence-electron chi connectivity index (χ0n) is 6.13. The third kappa shape index (κ3) is 5.03. The lowest BCUT2D eigenvalue weighted by Gasteiger charge is -1.91. The standard InChI is InChI=1S/C7H11NO2/c1-6(2)3-4-7(10)8-5-9/h3-6H,1-2H3,(H,8,9,10). The highest BCUT2D eigenvalue weighted by atomic mass is 16.2. The van der Waals surface area contributed by atoms with Crippen LogP contribution in [0.4, 0.5) is 0 Å². The number of carbonyl (C=O) groups excluding carboxylic acids is 2. The second kappa shape index (κ2) is 4.73. The number of carbonyl (C=O) groups is 2. The van der Waals surface area contributed by atoms with Gasteiger partial charge in [0, 0.05) is 0 Å². The normalized spacial score (nSPS) is 10.3. The van der Waals surface area contributed by atoms with Gasteiger partial charge in [0.05, 0.1) is 0 Å². The first-order valence-corrected chi connectivity index (χ1v) is 3.09. The topological polar surface area (TPSA) is 46.2 Å². The molecule has 1 N–H and O–H groups in total. The average Bonchev–Trinajstić information content (AvgIpc) is 1.85. The van der Waals surface area contributed by atoms with Crippen LogP contribution in [0, 0.1) is 5.92 Å². The van der Waals surface area contributed by atoms with Crippen molar-refractivity contribution in [3.63, 3.8) is 0 Å². The highest BCUT2D eigenvalue weighted by molar-refractivity contribution is 5.94. The van der Waals surface area contributed by atoms with Crippen LogP contribution in [0.15, 0.2) is 12.2 Å². The summed E-state index contributed by atoms with van der Waals surface area (Å²) >= 11 is 0. The Morgan fingerprint density at radius 1 is 1.50 bits per heavy atom. The zero-order chi connectivity index (χ0) is 7.98. The van der Waals surface area contributed by atoms with Crippen molar-refractivity contribution in [3.05, 3.63) is 12.2 Å². The molecule has 2 amide bonds. The minimum absolute atomic E-state index is 0.331. The van der Waals surface area contributed by atoms with Gasteiger partial charge in [-0.25, -0.2) is 0 Å². The van der Waals surface area contributed by atoms with Gasteiger partial charge in [-0.15, -0.1) is 0 Å². The summed E-state index contributed by atoms with van der Waals surface area (Å²) in [4.78, 5) is 20.2. The first-order chi connectivity index (χ1) is 4.66. The summed E-state index contributed by atoms with van der Waals surface area (Å²) in [6.45, 7) is 3.90. The molecule has 0 aromatic rings. The van der Waals surface area contributed by atoms with E-state index in [2.05, 4.69) is 0 Å². The van der Waals surface area contributed by atoms with Gasteiger partial charge in [0.2, 0.25) is 12.3 Å². The molecular formula is C7H11NO2. The van der Waals surface area contributed by atoms with Crippen LogP contribution in [0.1, 0.15) is 13.8 Å². The van der Waals surface area contributed by atoms with E-state index in [9.17, 15) is 9.59 Å². The predicted octanol–water partition coefficient (Wildman–Crippen LogP) is 0.471. The molecule has 56 valence electrons. The molecule has 0 aromatic heterocycles. The van der Waals surface area contributed by atoms with E-state index in [-0.39, 0.29) is 5.91 Å². The smallest absolute Gasteiger partial charge is 0.250 e. The molecule has 10 heavy (non-hydrogen) atoms. The molecule has 0 radical (unpaired) electrons. The largest absolute Gasteiger partial charge is 0.295 e.